The van der Waals surface area contributed by atoms with Gasteiger partial charge in [0, 0.05) is 43.5 Å². The van der Waals surface area contributed by atoms with Crippen molar-refractivity contribution < 1.29 is 4.74 Å². The van der Waals surface area contributed by atoms with Crippen LogP contribution in [0.1, 0.15) is 25.7 Å². The summed E-state index contributed by atoms with van der Waals surface area (Å²) in [6, 6.07) is 0.821. The van der Waals surface area contributed by atoms with Crippen molar-refractivity contribution in [3.05, 3.63) is 0 Å². The van der Waals surface area contributed by atoms with Crippen molar-refractivity contribution in [1.82, 2.24) is 10.2 Å². The number of nitrogens with zero attached hydrogens (tertiary/aromatic N) is 1. The molecule has 2 aliphatic heterocycles. The minimum absolute atomic E-state index is 0.400. The maximum Gasteiger partial charge on any atom is 0.0547 e. The number of ether oxygens (including phenoxy) is 1. The molecule has 3 rings (SSSR count). The van der Waals surface area contributed by atoms with Crippen LogP contribution in [-0.4, -0.2) is 61.8 Å². The number of rotatable bonds is 5. The fourth-order valence-electron chi connectivity index (χ4n) is 3.05. The Labute approximate surface area is 115 Å². The first-order chi connectivity index (χ1) is 8.86. The molecular formula is C14H26N2OS. The molecule has 2 heterocycles. The Bertz CT molecular complexity index is 257. The summed E-state index contributed by atoms with van der Waals surface area (Å²) >= 11 is 2.12. The van der Waals surface area contributed by atoms with Gasteiger partial charge < -0.3 is 15.0 Å². The highest BCUT2D eigenvalue weighted by Crippen LogP contribution is 2.31. The molecule has 0 aromatic heterocycles. The van der Waals surface area contributed by atoms with E-state index < -0.39 is 0 Å². The van der Waals surface area contributed by atoms with Crippen molar-refractivity contribution in [2.75, 3.05) is 50.9 Å². The molecule has 0 aromatic rings. The van der Waals surface area contributed by atoms with Gasteiger partial charge in [0.2, 0.25) is 0 Å². The van der Waals surface area contributed by atoms with Gasteiger partial charge in [-0.15, -0.1) is 0 Å². The van der Waals surface area contributed by atoms with E-state index in [1.54, 1.807) is 0 Å². The molecule has 3 fully saturated rings. The predicted molar refractivity (Wildman–Crippen MR) is 77.3 cm³/mol. The fraction of sp³-hybridized carbons (Fsp3) is 1.00. The molecule has 18 heavy (non-hydrogen) atoms. The lowest BCUT2D eigenvalue weighted by molar-refractivity contribution is 0.111. The highest BCUT2D eigenvalue weighted by molar-refractivity contribution is 7.99. The third kappa shape index (κ3) is 3.62. The van der Waals surface area contributed by atoms with E-state index in [1.807, 2.05) is 0 Å². The number of hydrogen-bond acceptors (Lipinski definition) is 4. The molecule has 104 valence electrons. The number of hydrogen-bond donors (Lipinski definition) is 1. The van der Waals surface area contributed by atoms with Crippen LogP contribution in [0.3, 0.4) is 0 Å². The zero-order valence-electron chi connectivity index (χ0n) is 11.3. The molecule has 1 unspecified atom stereocenters. The zero-order chi connectivity index (χ0) is 12.3. The van der Waals surface area contributed by atoms with Gasteiger partial charge >= 0.3 is 0 Å². The zero-order valence-corrected chi connectivity index (χ0v) is 12.1. The molecule has 2 saturated heterocycles. The Hall–Kier alpha value is 0.230. The van der Waals surface area contributed by atoms with Crippen LogP contribution in [0.5, 0.6) is 0 Å². The highest BCUT2D eigenvalue weighted by Gasteiger charge is 2.38. The average molecular weight is 270 g/mol. The molecule has 0 spiro atoms. The molecular weight excluding hydrogens is 244 g/mol. The molecule has 1 saturated carbocycles. The predicted octanol–water partition coefficient (Wildman–Crippen LogP) is 1.58. The summed E-state index contributed by atoms with van der Waals surface area (Å²) in [7, 11) is 0. The lowest BCUT2D eigenvalue weighted by Gasteiger charge is -2.34. The SMILES string of the molecule is C1CSCCN(CC2(CNC3CC3)CCOC2)C1. The summed E-state index contributed by atoms with van der Waals surface area (Å²) in [6.07, 6.45) is 5.38. The quantitative estimate of drug-likeness (QED) is 0.820. The second kappa shape index (κ2) is 6.12. The monoisotopic (exact) mass is 270 g/mol. The van der Waals surface area contributed by atoms with Crippen LogP contribution in [0, 0.1) is 5.41 Å². The smallest absolute Gasteiger partial charge is 0.0547 e. The normalized spacial score (nSPS) is 34.7. The summed E-state index contributed by atoms with van der Waals surface area (Å²) in [5, 5.41) is 3.73. The van der Waals surface area contributed by atoms with E-state index in [4.69, 9.17) is 4.74 Å². The third-order valence-corrected chi connectivity index (χ3v) is 5.45. The maximum absolute atomic E-state index is 5.71. The van der Waals surface area contributed by atoms with Gasteiger partial charge in [0.1, 0.15) is 0 Å². The van der Waals surface area contributed by atoms with E-state index in [9.17, 15) is 0 Å². The first kappa shape index (κ1) is 13.2. The molecule has 0 radical (unpaired) electrons. The Kier molecular flexibility index (Phi) is 4.50. The van der Waals surface area contributed by atoms with Crippen LogP contribution < -0.4 is 5.32 Å². The Balaban J connectivity index is 1.53. The molecule has 1 atom stereocenters. The summed E-state index contributed by atoms with van der Waals surface area (Å²) < 4.78 is 5.71. The van der Waals surface area contributed by atoms with Crippen LogP contribution in [-0.2, 0) is 4.74 Å². The van der Waals surface area contributed by atoms with Crippen molar-refractivity contribution in [2.45, 2.75) is 31.7 Å². The molecule has 0 amide bonds. The van der Waals surface area contributed by atoms with Crippen LogP contribution in [0.4, 0.5) is 0 Å². The van der Waals surface area contributed by atoms with Crippen molar-refractivity contribution in [2.24, 2.45) is 5.41 Å². The second-order valence-corrected chi connectivity index (χ2v) is 7.42. The molecule has 3 nitrogen and oxygen atoms in total. The third-order valence-electron chi connectivity index (χ3n) is 4.40. The lowest BCUT2D eigenvalue weighted by atomic mass is 9.86. The van der Waals surface area contributed by atoms with Gasteiger partial charge in [-0.25, -0.2) is 0 Å². The van der Waals surface area contributed by atoms with Crippen LogP contribution in [0.25, 0.3) is 0 Å². The van der Waals surface area contributed by atoms with Crippen LogP contribution in [0.2, 0.25) is 0 Å². The second-order valence-electron chi connectivity index (χ2n) is 6.20. The summed E-state index contributed by atoms with van der Waals surface area (Å²) in [4.78, 5) is 2.68. The summed E-state index contributed by atoms with van der Waals surface area (Å²) in [5.41, 5.74) is 0.400. The summed E-state index contributed by atoms with van der Waals surface area (Å²) in [5.74, 6) is 2.66. The Morgan fingerprint density at radius 2 is 2.22 bits per heavy atom. The maximum atomic E-state index is 5.71. The van der Waals surface area contributed by atoms with Crippen molar-refractivity contribution >= 4 is 11.8 Å². The number of thioether (sulfide) groups is 1. The van der Waals surface area contributed by atoms with Crippen molar-refractivity contribution in [1.29, 1.82) is 0 Å². The average Bonchev–Trinajstić information content (AvgIpc) is 3.14. The van der Waals surface area contributed by atoms with E-state index in [2.05, 4.69) is 22.0 Å². The molecule has 0 bridgehead atoms. The minimum atomic E-state index is 0.400. The van der Waals surface area contributed by atoms with Gasteiger partial charge in [-0.05, 0) is 38.0 Å². The van der Waals surface area contributed by atoms with Gasteiger partial charge in [0.05, 0.1) is 6.61 Å². The first-order valence-corrected chi connectivity index (χ1v) is 8.63. The standard InChI is InChI=1S/C14H26N2OS/c1-5-16(6-9-18-8-1)11-14(4-7-17-12-14)10-15-13-2-3-13/h13,15H,1-12H2. The van der Waals surface area contributed by atoms with E-state index >= 15 is 0 Å². The van der Waals surface area contributed by atoms with E-state index in [0.717, 1.165) is 19.3 Å². The van der Waals surface area contributed by atoms with Gasteiger partial charge in [0.25, 0.3) is 0 Å². The van der Waals surface area contributed by atoms with Gasteiger partial charge in [-0.2, -0.15) is 11.8 Å². The lowest BCUT2D eigenvalue weighted by Crippen LogP contribution is -2.45. The minimum Gasteiger partial charge on any atom is -0.381 e. The van der Waals surface area contributed by atoms with Gasteiger partial charge in [-0.1, -0.05) is 0 Å². The van der Waals surface area contributed by atoms with Crippen LogP contribution >= 0.6 is 11.8 Å². The van der Waals surface area contributed by atoms with Crippen molar-refractivity contribution in [3.63, 3.8) is 0 Å². The van der Waals surface area contributed by atoms with Crippen molar-refractivity contribution in [3.8, 4) is 0 Å². The van der Waals surface area contributed by atoms with E-state index in [-0.39, 0.29) is 0 Å². The molecule has 3 aliphatic rings. The fourth-order valence-corrected chi connectivity index (χ4v) is 3.97. The molecule has 1 N–H and O–H groups in total. The molecule has 0 aromatic carbocycles. The highest BCUT2D eigenvalue weighted by atomic mass is 32.2. The Morgan fingerprint density at radius 3 is 3.00 bits per heavy atom. The van der Waals surface area contributed by atoms with Gasteiger partial charge in [0.15, 0.2) is 0 Å². The largest absolute Gasteiger partial charge is 0.381 e. The first-order valence-electron chi connectivity index (χ1n) is 7.48. The van der Waals surface area contributed by atoms with E-state index in [0.29, 0.717) is 5.41 Å². The van der Waals surface area contributed by atoms with E-state index in [1.165, 1.54) is 63.4 Å². The Morgan fingerprint density at radius 1 is 1.28 bits per heavy atom. The van der Waals surface area contributed by atoms with Crippen LogP contribution in [0.15, 0.2) is 0 Å². The topological polar surface area (TPSA) is 24.5 Å². The van der Waals surface area contributed by atoms with Gasteiger partial charge in [-0.3, -0.25) is 0 Å². The molecule has 4 heteroatoms. The summed E-state index contributed by atoms with van der Waals surface area (Å²) in [6.45, 7) is 6.91. The molecule has 1 aliphatic carbocycles. The number of nitrogens with one attached hydrogen (secondary N) is 1.